The molecule has 2 N–H and O–H groups in total. The maximum absolute atomic E-state index is 11.8. The summed E-state index contributed by atoms with van der Waals surface area (Å²) < 4.78 is 0. The second kappa shape index (κ2) is 3.79. The number of aliphatic hydroxyl groups is 1. The van der Waals surface area contributed by atoms with Crippen LogP contribution in [0.3, 0.4) is 0 Å². The van der Waals surface area contributed by atoms with Crippen LogP contribution in [0.5, 0.6) is 0 Å². The van der Waals surface area contributed by atoms with Gasteiger partial charge in [0.2, 0.25) is 0 Å². The van der Waals surface area contributed by atoms with Crippen LogP contribution in [0, 0.1) is 0 Å². The predicted molar refractivity (Wildman–Crippen MR) is 49.7 cm³/mol. The highest BCUT2D eigenvalue weighted by molar-refractivity contribution is 5.92. The van der Waals surface area contributed by atoms with Gasteiger partial charge in [0.1, 0.15) is 5.69 Å². The Hall–Kier alpha value is -1.36. The number of likely N-dealkylation sites (tertiary alicyclic amines) is 1. The van der Waals surface area contributed by atoms with Gasteiger partial charge in [0, 0.05) is 6.54 Å². The van der Waals surface area contributed by atoms with Crippen molar-refractivity contribution in [3.8, 4) is 0 Å². The lowest BCUT2D eigenvalue weighted by Gasteiger charge is -2.21. The highest BCUT2D eigenvalue weighted by atomic mass is 16.3. The molecule has 0 saturated carbocycles. The number of carbonyl (C=O) groups is 1. The van der Waals surface area contributed by atoms with E-state index in [9.17, 15) is 4.79 Å². The van der Waals surface area contributed by atoms with E-state index in [1.165, 1.54) is 12.5 Å². The molecule has 5 nitrogen and oxygen atoms in total. The topological polar surface area (TPSA) is 69.2 Å². The summed E-state index contributed by atoms with van der Waals surface area (Å²) in [6, 6.07) is -0.0224. The van der Waals surface area contributed by atoms with E-state index < -0.39 is 0 Å². The lowest BCUT2D eigenvalue weighted by atomic mass is 10.2. The zero-order chi connectivity index (χ0) is 9.97. The third-order valence-electron chi connectivity index (χ3n) is 2.58. The summed E-state index contributed by atoms with van der Waals surface area (Å²) >= 11 is 0. The largest absolute Gasteiger partial charge is 0.394 e. The van der Waals surface area contributed by atoms with Gasteiger partial charge in [-0.25, -0.2) is 4.98 Å². The first-order chi connectivity index (χ1) is 6.83. The number of aliphatic hydroxyl groups excluding tert-OH is 1. The molecule has 1 aliphatic rings. The van der Waals surface area contributed by atoms with E-state index in [1.54, 1.807) is 4.90 Å². The molecule has 2 rings (SSSR count). The summed E-state index contributed by atoms with van der Waals surface area (Å²) in [5, 5.41) is 9.06. The molecule has 2 heterocycles. The summed E-state index contributed by atoms with van der Waals surface area (Å²) in [4.78, 5) is 20.1. The van der Waals surface area contributed by atoms with Crippen LogP contribution in [0.15, 0.2) is 12.5 Å². The van der Waals surface area contributed by atoms with Crippen molar-refractivity contribution in [2.45, 2.75) is 18.9 Å². The molecule has 0 aromatic carbocycles. The minimum Gasteiger partial charge on any atom is -0.394 e. The Bertz CT molecular complexity index is 310. The number of hydrogen-bond acceptors (Lipinski definition) is 3. The lowest BCUT2D eigenvalue weighted by Crippen LogP contribution is -2.37. The van der Waals surface area contributed by atoms with Gasteiger partial charge in [-0.15, -0.1) is 0 Å². The summed E-state index contributed by atoms with van der Waals surface area (Å²) in [7, 11) is 0. The van der Waals surface area contributed by atoms with Gasteiger partial charge in [-0.1, -0.05) is 0 Å². The average Bonchev–Trinajstić information content (AvgIpc) is 2.87. The number of H-pyrrole nitrogens is 1. The van der Waals surface area contributed by atoms with Crippen molar-refractivity contribution in [3.63, 3.8) is 0 Å². The first kappa shape index (κ1) is 9.21. The first-order valence-corrected chi connectivity index (χ1v) is 4.73. The molecular formula is C9H13N3O2. The van der Waals surface area contributed by atoms with Crippen LogP contribution in [0.25, 0.3) is 0 Å². The Morgan fingerprint density at radius 1 is 1.79 bits per heavy atom. The van der Waals surface area contributed by atoms with E-state index in [0.29, 0.717) is 5.69 Å². The maximum atomic E-state index is 11.8. The number of nitrogens with one attached hydrogen (secondary N) is 1. The van der Waals surface area contributed by atoms with Crippen LogP contribution in [0.2, 0.25) is 0 Å². The molecule has 1 saturated heterocycles. The van der Waals surface area contributed by atoms with Gasteiger partial charge >= 0.3 is 0 Å². The molecule has 0 aliphatic carbocycles. The number of amides is 1. The number of rotatable bonds is 2. The number of aromatic nitrogens is 2. The third-order valence-corrected chi connectivity index (χ3v) is 2.58. The summed E-state index contributed by atoms with van der Waals surface area (Å²) in [6.45, 7) is 0.767. The molecule has 0 bridgehead atoms. The second-order valence-electron chi connectivity index (χ2n) is 3.44. The van der Waals surface area contributed by atoms with Crippen LogP contribution >= 0.6 is 0 Å². The zero-order valence-electron chi connectivity index (χ0n) is 7.81. The molecule has 1 amide bonds. The SMILES string of the molecule is O=C(c1cnc[nH]1)N1CCC[C@@H]1CO. The van der Waals surface area contributed by atoms with Crippen LogP contribution in [-0.2, 0) is 0 Å². The second-order valence-corrected chi connectivity index (χ2v) is 3.44. The van der Waals surface area contributed by atoms with Crippen molar-refractivity contribution in [1.29, 1.82) is 0 Å². The van der Waals surface area contributed by atoms with Gasteiger partial charge in [-0.3, -0.25) is 4.79 Å². The lowest BCUT2D eigenvalue weighted by molar-refractivity contribution is 0.0672. The quantitative estimate of drug-likeness (QED) is 0.698. The molecule has 1 fully saturated rings. The average molecular weight is 195 g/mol. The maximum Gasteiger partial charge on any atom is 0.272 e. The molecule has 14 heavy (non-hydrogen) atoms. The Labute approximate surface area is 81.8 Å². The number of nitrogens with zero attached hydrogens (tertiary/aromatic N) is 2. The summed E-state index contributed by atoms with van der Waals surface area (Å²) in [5.41, 5.74) is 0.491. The normalized spacial score (nSPS) is 21.5. The Morgan fingerprint density at radius 2 is 2.64 bits per heavy atom. The molecule has 1 aromatic heterocycles. The van der Waals surface area contributed by atoms with Gasteiger partial charge in [-0.2, -0.15) is 0 Å². The number of hydrogen-bond donors (Lipinski definition) is 2. The predicted octanol–water partition coefficient (Wildman–Crippen LogP) is 0.00660. The molecule has 0 radical (unpaired) electrons. The van der Waals surface area contributed by atoms with Gasteiger partial charge < -0.3 is 15.0 Å². The molecule has 1 aliphatic heterocycles. The molecule has 1 aromatic rings. The van der Waals surface area contributed by atoms with Gasteiger partial charge in [0.05, 0.1) is 25.2 Å². The molecule has 76 valence electrons. The summed E-state index contributed by atoms with van der Waals surface area (Å²) in [5.74, 6) is -0.0703. The number of carbonyl (C=O) groups excluding carboxylic acids is 1. The monoisotopic (exact) mass is 195 g/mol. The Morgan fingerprint density at radius 3 is 3.29 bits per heavy atom. The number of aromatic amines is 1. The van der Waals surface area contributed by atoms with E-state index in [2.05, 4.69) is 9.97 Å². The van der Waals surface area contributed by atoms with Crippen molar-refractivity contribution in [2.75, 3.05) is 13.2 Å². The van der Waals surface area contributed by atoms with Gasteiger partial charge in [0.25, 0.3) is 5.91 Å². The minimum atomic E-state index is -0.0703. The van der Waals surface area contributed by atoms with Crippen LogP contribution in [-0.4, -0.2) is 45.1 Å². The highest BCUT2D eigenvalue weighted by Gasteiger charge is 2.29. The highest BCUT2D eigenvalue weighted by Crippen LogP contribution is 2.18. The Kier molecular flexibility index (Phi) is 2.49. The smallest absolute Gasteiger partial charge is 0.272 e. The molecule has 0 spiro atoms. The van der Waals surface area contributed by atoms with Crippen molar-refractivity contribution >= 4 is 5.91 Å². The van der Waals surface area contributed by atoms with E-state index in [-0.39, 0.29) is 18.6 Å². The molecule has 1 atom stereocenters. The molecule has 0 unspecified atom stereocenters. The van der Waals surface area contributed by atoms with Gasteiger partial charge in [0.15, 0.2) is 0 Å². The molecular weight excluding hydrogens is 182 g/mol. The van der Waals surface area contributed by atoms with E-state index in [4.69, 9.17) is 5.11 Å². The van der Waals surface area contributed by atoms with Crippen LogP contribution in [0.1, 0.15) is 23.3 Å². The van der Waals surface area contributed by atoms with Crippen molar-refractivity contribution < 1.29 is 9.90 Å². The van der Waals surface area contributed by atoms with Crippen LogP contribution < -0.4 is 0 Å². The van der Waals surface area contributed by atoms with Crippen molar-refractivity contribution in [1.82, 2.24) is 14.9 Å². The molecule has 5 heteroatoms. The van der Waals surface area contributed by atoms with Crippen molar-refractivity contribution in [3.05, 3.63) is 18.2 Å². The first-order valence-electron chi connectivity index (χ1n) is 4.73. The fourth-order valence-electron chi connectivity index (χ4n) is 1.82. The fourth-order valence-corrected chi connectivity index (χ4v) is 1.82. The fraction of sp³-hybridized carbons (Fsp3) is 0.556. The summed E-state index contributed by atoms with van der Waals surface area (Å²) in [6.07, 6.45) is 4.84. The van der Waals surface area contributed by atoms with Crippen LogP contribution in [0.4, 0.5) is 0 Å². The standard InChI is InChI=1S/C9H13N3O2/c13-5-7-2-1-3-12(7)9(14)8-4-10-6-11-8/h4,6-7,13H,1-3,5H2,(H,10,11)/t7-/m1/s1. The van der Waals surface area contributed by atoms with E-state index in [0.717, 1.165) is 19.4 Å². The minimum absolute atomic E-state index is 0.0224. The Balaban J connectivity index is 2.11. The number of imidazole rings is 1. The van der Waals surface area contributed by atoms with Crippen molar-refractivity contribution in [2.24, 2.45) is 0 Å². The van der Waals surface area contributed by atoms with E-state index in [1.807, 2.05) is 0 Å². The van der Waals surface area contributed by atoms with E-state index >= 15 is 0 Å². The van der Waals surface area contributed by atoms with Gasteiger partial charge in [-0.05, 0) is 12.8 Å². The zero-order valence-corrected chi connectivity index (χ0v) is 7.81. The third kappa shape index (κ3) is 1.50.